The van der Waals surface area contributed by atoms with Crippen molar-refractivity contribution < 1.29 is 26.0 Å². The molecule has 0 saturated carbocycles. The van der Waals surface area contributed by atoms with E-state index >= 15 is 0 Å². The van der Waals surface area contributed by atoms with Crippen molar-refractivity contribution in [3.8, 4) is 18.4 Å². The van der Waals surface area contributed by atoms with Crippen LogP contribution in [0.5, 0.6) is 0 Å². The number of piperidine rings is 1. The summed E-state index contributed by atoms with van der Waals surface area (Å²) >= 11 is 1.04. The molecule has 16 heteroatoms. The number of nitrogens with one attached hydrogen (secondary N) is 1. The quantitative estimate of drug-likeness (QED) is 0.163. The Bertz CT molecular complexity index is 2090. The summed E-state index contributed by atoms with van der Waals surface area (Å²) < 4.78 is 79.7. The number of thiophene rings is 1. The minimum absolute atomic E-state index is 0.120. The van der Waals surface area contributed by atoms with E-state index in [9.17, 15) is 31.2 Å². The highest BCUT2D eigenvalue weighted by Gasteiger charge is 2.37. The molecule has 6 rings (SSSR count). The highest BCUT2D eigenvalue weighted by molar-refractivity contribution is 7.89. The largest absolute Gasteiger partial charge is 0.393 e. The van der Waals surface area contributed by atoms with Gasteiger partial charge in [-0.15, -0.1) is 17.8 Å². The number of halogens is 4. The number of rotatable bonds is 11. The molecule has 3 aromatic heterocycles. The second-order valence-corrected chi connectivity index (χ2v) is 16.7. The summed E-state index contributed by atoms with van der Waals surface area (Å²) in [6.07, 6.45) is 3.88. The van der Waals surface area contributed by atoms with Crippen molar-refractivity contribution in [3.05, 3.63) is 52.3 Å². The van der Waals surface area contributed by atoms with Crippen LogP contribution in [0.1, 0.15) is 41.5 Å². The third-order valence-corrected chi connectivity index (χ3v) is 13.0. The summed E-state index contributed by atoms with van der Waals surface area (Å²) in [6, 6.07) is 10.0. The van der Waals surface area contributed by atoms with Gasteiger partial charge in [-0.05, 0) is 56.0 Å². The number of sulfonamides is 1. The van der Waals surface area contributed by atoms with Gasteiger partial charge in [0.1, 0.15) is 35.4 Å². The first-order valence-corrected chi connectivity index (χ1v) is 19.2. The van der Waals surface area contributed by atoms with Gasteiger partial charge < -0.3 is 9.88 Å². The summed E-state index contributed by atoms with van der Waals surface area (Å²) in [4.78, 5) is 13.7. The van der Waals surface area contributed by atoms with Crippen molar-refractivity contribution in [2.45, 2.75) is 64.0 Å². The van der Waals surface area contributed by atoms with Crippen molar-refractivity contribution in [1.29, 1.82) is 5.26 Å². The standard InChI is InChI=1S/C35H40F4N8O2S2/c1-4-34(3,45-12-14-46(15-13-45)51(48,49)16-9-36)22-47-27(20-40)17-29-24(2)25(5-6-31(29)47)21-44-10-7-26(8-11-44)43-32-30-18-28(19-35(37,38)39)50-33(30)42-23-41-32/h1,5-6,17-18,23,26H,7-16,19,21-22H2,2-3H3,(H,41,42,43)/t34-/m0/s1. The molecule has 1 aromatic carbocycles. The van der Waals surface area contributed by atoms with Crippen molar-refractivity contribution in [2.24, 2.45) is 0 Å². The van der Waals surface area contributed by atoms with Crippen molar-refractivity contribution >= 4 is 48.3 Å². The lowest BCUT2D eigenvalue weighted by atomic mass is 9.99. The molecule has 0 aliphatic carbocycles. The number of alkyl halides is 4. The van der Waals surface area contributed by atoms with Crippen LogP contribution in [-0.2, 0) is 29.5 Å². The average Bonchev–Trinajstić information content (AvgIpc) is 3.67. The molecule has 4 aromatic rings. The number of benzene rings is 1. The topological polar surface area (TPSA) is 110 Å². The number of hydrogen-bond acceptors (Lipinski definition) is 9. The van der Waals surface area contributed by atoms with Crippen LogP contribution in [0.3, 0.4) is 0 Å². The predicted molar refractivity (Wildman–Crippen MR) is 191 cm³/mol. The van der Waals surface area contributed by atoms with E-state index in [2.05, 4.69) is 50.1 Å². The van der Waals surface area contributed by atoms with Crippen molar-refractivity contribution in [2.75, 3.05) is 57.0 Å². The molecule has 51 heavy (non-hydrogen) atoms. The van der Waals surface area contributed by atoms with Gasteiger partial charge in [-0.25, -0.2) is 22.8 Å². The number of hydrogen-bond donors (Lipinski definition) is 1. The third kappa shape index (κ3) is 8.00. The molecular formula is C35H40F4N8O2S2. The Morgan fingerprint density at radius 1 is 1.08 bits per heavy atom. The zero-order chi connectivity index (χ0) is 36.6. The summed E-state index contributed by atoms with van der Waals surface area (Å²) in [6.45, 7) is 6.97. The van der Waals surface area contributed by atoms with Gasteiger partial charge in [0.2, 0.25) is 10.0 Å². The molecule has 2 fully saturated rings. The molecule has 1 N–H and O–H groups in total. The molecule has 0 spiro atoms. The summed E-state index contributed by atoms with van der Waals surface area (Å²) in [5.41, 5.74) is 2.80. The number of aryl methyl sites for hydroxylation is 1. The fourth-order valence-electron chi connectivity index (χ4n) is 7.16. The monoisotopic (exact) mass is 744 g/mol. The van der Waals surface area contributed by atoms with Gasteiger partial charge in [-0.3, -0.25) is 9.80 Å². The minimum Gasteiger partial charge on any atom is -0.367 e. The molecule has 272 valence electrons. The van der Waals surface area contributed by atoms with Crippen LogP contribution in [0.4, 0.5) is 23.4 Å². The van der Waals surface area contributed by atoms with E-state index in [1.54, 1.807) is 0 Å². The fourth-order valence-corrected chi connectivity index (χ4v) is 9.36. The maximum absolute atomic E-state index is 13.0. The number of aromatic nitrogens is 3. The fraction of sp³-hybridized carbons (Fsp3) is 0.514. The Morgan fingerprint density at radius 3 is 2.45 bits per heavy atom. The number of likely N-dealkylation sites (tertiary alicyclic amines) is 1. The van der Waals surface area contributed by atoms with Gasteiger partial charge in [0, 0.05) is 67.6 Å². The van der Waals surface area contributed by atoms with E-state index in [4.69, 9.17) is 6.42 Å². The lowest BCUT2D eigenvalue weighted by Gasteiger charge is -2.43. The van der Waals surface area contributed by atoms with Crippen LogP contribution in [0.25, 0.3) is 21.1 Å². The Kier molecular flexibility index (Phi) is 10.6. The molecule has 0 radical (unpaired) electrons. The van der Waals surface area contributed by atoms with Gasteiger partial charge >= 0.3 is 6.18 Å². The van der Waals surface area contributed by atoms with Gasteiger partial charge in [-0.1, -0.05) is 12.0 Å². The molecule has 2 aliphatic heterocycles. The maximum Gasteiger partial charge on any atom is 0.393 e. The normalized spacial score (nSPS) is 18.5. The Labute approximate surface area is 299 Å². The van der Waals surface area contributed by atoms with Crippen molar-refractivity contribution in [3.63, 3.8) is 0 Å². The molecule has 2 saturated heterocycles. The van der Waals surface area contributed by atoms with Gasteiger partial charge in [0.15, 0.2) is 0 Å². The van der Waals surface area contributed by atoms with Crippen LogP contribution in [-0.4, -0.2) is 107 Å². The smallest absolute Gasteiger partial charge is 0.367 e. The van der Waals surface area contributed by atoms with Crippen molar-refractivity contribution in [1.82, 2.24) is 28.6 Å². The lowest BCUT2D eigenvalue weighted by Crippen LogP contribution is -2.58. The van der Waals surface area contributed by atoms with Crippen LogP contribution in [0, 0.1) is 30.6 Å². The number of piperazine rings is 1. The van der Waals surface area contributed by atoms with E-state index in [-0.39, 0.29) is 24.0 Å². The molecule has 2 aliphatic rings. The summed E-state index contributed by atoms with van der Waals surface area (Å²) in [5.74, 6) is 2.94. The van der Waals surface area contributed by atoms with Crippen LogP contribution in [0.15, 0.2) is 30.6 Å². The van der Waals surface area contributed by atoms with E-state index in [1.165, 1.54) is 16.7 Å². The first kappa shape index (κ1) is 37.0. The second kappa shape index (κ2) is 14.7. The zero-order valence-corrected chi connectivity index (χ0v) is 30.1. The number of terminal acetylenes is 1. The second-order valence-electron chi connectivity index (χ2n) is 13.5. The summed E-state index contributed by atoms with van der Waals surface area (Å²) in [7, 11) is -3.65. The van der Waals surface area contributed by atoms with Crippen LogP contribution < -0.4 is 5.32 Å². The van der Waals surface area contributed by atoms with E-state index in [1.807, 2.05) is 23.6 Å². The Morgan fingerprint density at radius 2 is 1.80 bits per heavy atom. The number of fused-ring (bicyclic) bond motifs is 2. The van der Waals surface area contributed by atoms with Gasteiger partial charge in [0.05, 0.1) is 29.6 Å². The molecule has 10 nitrogen and oxygen atoms in total. The highest BCUT2D eigenvalue weighted by atomic mass is 32.2. The van der Waals surface area contributed by atoms with Crippen LogP contribution >= 0.6 is 11.3 Å². The molecule has 0 bridgehead atoms. The third-order valence-electron chi connectivity index (χ3n) is 10.1. The van der Waals surface area contributed by atoms with E-state index < -0.39 is 40.6 Å². The first-order valence-electron chi connectivity index (χ1n) is 16.8. The number of nitriles is 1. The zero-order valence-electron chi connectivity index (χ0n) is 28.5. The lowest BCUT2D eigenvalue weighted by molar-refractivity contribution is -0.126. The minimum atomic E-state index is -4.28. The number of anilines is 1. The molecule has 1 atom stereocenters. The molecule has 5 heterocycles. The molecule has 0 unspecified atom stereocenters. The first-order chi connectivity index (χ1) is 24.2. The van der Waals surface area contributed by atoms with E-state index in [0.29, 0.717) is 41.4 Å². The number of nitrogens with zero attached hydrogens (tertiary/aromatic N) is 7. The van der Waals surface area contributed by atoms with E-state index in [0.717, 1.165) is 65.8 Å². The predicted octanol–water partition coefficient (Wildman–Crippen LogP) is 5.32. The van der Waals surface area contributed by atoms with Crippen LogP contribution in [0.2, 0.25) is 0 Å². The highest BCUT2D eigenvalue weighted by Crippen LogP contribution is 2.34. The SMILES string of the molecule is C#C[C@@](C)(Cn1c(C#N)cc2c(C)c(CN3CCC(Nc4ncnc5sc(CC(F)(F)F)cc45)CC3)ccc21)N1CCN(S(=O)(=O)CCF)CC1. The molecule has 0 amide bonds. The van der Waals surface area contributed by atoms with Gasteiger partial charge in [-0.2, -0.15) is 22.7 Å². The maximum atomic E-state index is 13.0. The Hall–Kier alpha value is -3.80. The van der Waals surface area contributed by atoms with Gasteiger partial charge in [0.25, 0.3) is 0 Å². The summed E-state index contributed by atoms with van der Waals surface area (Å²) in [5, 5.41) is 15.2. The Balaban J connectivity index is 1.11. The average molecular weight is 745 g/mol. The molecular weight excluding hydrogens is 705 g/mol.